The standard InChI is InChI=1S/C23H25ClN2O2/c1-15-7-9-18(10-8-15)14-26-16(2)21(22(17(26)3)23(27)28)13-25-12-19-5-4-6-20(24)11-19/h4-11,25H,12-14H2,1-3H3,(H,27,28). The Morgan fingerprint density at radius 3 is 2.36 bits per heavy atom. The van der Waals surface area contributed by atoms with Gasteiger partial charge in [-0.2, -0.15) is 0 Å². The van der Waals surface area contributed by atoms with E-state index in [2.05, 4.69) is 41.1 Å². The average molecular weight is 397 g/mol. The van der Waals surface area contributed by atoms with Crippen LogP contribution < -0.4 is 5.32 Å². The summed E-state index contributed by atoms with van der Waals surface area (Å²) < 4.78 is 2.09. The van der Waals surface area contributed by atoms with E-state index in [-0.39, 0.29) is 0 Å². The number of carboxylic acids is 1. The number of aryl methyl sites for hydroxylation is 1. The SMILES string of the molecule is Cc1ccc(Cn2c(C)c(CNCc3cccc(Cl)c3)c(C(=O)O)c2C)cc1. The van der Waals surface area contributed by atoms with Crippen LogP contribution in [0.5, 0.6) is 0 Å². The molecule has 3 aromatic rings. The Hall–Kier alpha value is -2.56. The molecule has 1 aromatic heterocycles. The minimum absolute atomic E-state index is 0.392. The monoisotopic (exact) mass is 396 g/mol. The quantitative estimate of drug-likeness (QED) is 0.584. The number of aromatic nitrogens is 1. The molecule has 3 rings (SSSR count). The lowest BCUT2D eigenvalue weighted by molar-refractivity contribution is 0.0694. The van der Waals surface area contributed by atoms with E-state index in [1.165, 1.54) is 5.56 Å². The zero-order valence-corrected chi connectivity index (χ0v) is 17.2. The van der Waals surface area contributed by atoms with E-state index >= 15 is 0 Å². The average Bonchev–Trinajstić information content (AvgIpc) is 2.88. The second kappa shape index (κ2) is 8.63. The number of hydrogen-bond acceptors (Lipinski definition) is 2. The van der Waals surface area contributed by atoms with Crippen molar-refractivity contribution in [2.75, 3.05) is 0 Å². The number of rotatable bonds is 7. The van der Waals surface area contributed by atoms with Gasteiger partial charge in [0.1, 0.15) is 0 Å². The van der Waals surface area contributed by atoms with Gasteiger partial charge in [0.15, 0.2) is 0 Å². The molecule has 0 bridgehead atoms. The molecule has 0 aliphatic rings. The molecule has 2 aromatic carbocycles. The molecule has 0 fully saturated rings. The van der Waals surface area contributed by atoms with Gasteiger partial charge < -0.3 is 15.0 Å². The van der Waals surface area contributed by atoms with Crippen LogP contribution in [0.2, 0.25) is 5.02 Å². The smallest absolute Gasteiger partial charge is 0.337 e. The lowest BCUT2D eigenvalue weighted by Crippen LogP contribution is -2.15. The van der Waals surface area contributed by atoms with E-state index in [0.29, 0.717) is 30.2 Å². The van der Waals surface area contributed by atoms with Gasteiger partial charge in [0.2, 0.25) is 0 Å². The molecule has 0 spiro atoms. The van der Waals surface area contributed by atoms with Gasteiger partial charge >= 0.3 is 5.97 Å². The highest BCUT2D eigenvalue weighted by atomic mass is 35.5. The molecule has 0 saturated heterocycles. The maximum Gasteiger partial charge on any atom is 0.337 e. The van der Waals surface area contributed by atoms with E-state index < -0.39 is 5.97 Å². The number of nitrogens with zero attached hydrogens (tertiary/aromatic N) is 1. The normalized spacial score (nSPS) is 11.0. The van der Waals surface area contributed by atoms with Crippen LogP contribution in [0.4, 0.5) is 0 Å². The van der Waals surface area contributed by atoms with Gasteiger partial charge in [0, 0.05) is 41.6 Å². The molecule has 0 unspecified atom stereocenters. The first kappa shape index (κ1) is 20.2. The summed E-state index contributed by atoms with van der Waals surface area (Å²) in [5, 5.41) is 13.8. The number of hydrogen-bond donors (Lipinski definition) is 2. The maximum absolute atomic E-state index is 11.9. The molecule has 0 aliphatic heterocycles. The summed E-state index contributed by atoms with van der Waals surface area (Å²) in [6.07, 6.45) is 0. The molecular weight excluding hydrogens is 372 g/mol. The first-order valence-corrected chi connectivity index (χ1v) is 9.67. The van der Waals surface area contributed by atoms with Gasteiger partial charge in [-0.05, 0) is 44.0 Å². The Labute approximate surface area is 170 Å². The third-order valence-corrected chi connectivity index (χ3v) is 5.34. The first-order valence-electron chi connectivity index (χ1n) is 9.29. The third kappa shape index (κ3) is 4.46. The molecule has 0 radical (unpaired) electrons. The van der Waals surface area contributed by atoms with Crippen molar-refractivity contribution in [3.8, 4) is 0 Å². The van der Waals surface area contributed by atoms with Gasteiger partial charge in [0.25, 0.3) is 0 Å². The van der Waals surface area contributed by atoms with Crippen molar-refractivity contribution in [1.29, 1.82) is 0 Å². The lowest BCUT2D eigenvalue weighted by atomic mass is 10.1. The van der Waals surface area contributed by atoms with Crippen molar-refractivity contribution in [3.63, 3.8) is 0 Å². The highest BCUT2D eigenvalue weighted by Gasteiger charge is 2.22. The fourth-order valence-electron chi connectivity index (χ4n) is 3.54. The topological polar surface area (TPSA) is 54.3 Å². The van der Waals surface area contributed by atoms with Gasteiger partial charge in [-0.25, -0.2) is 4.79 Å². The van der Waals surface area contributed by atoms with E-state index in [1.54, 1.807) is 0 Å². The third-order valence-electron chi connectivity index (χ3n) is 5.11. The summed E-state index contributed by atoms with van der Waals surface area (Å²) in [7, 11) is 0. The van der Waals surface area contributed by atoms with Gasteiger partial charge in [-0.1, -0.05) is 53.6 Å². The van der Waals surface area contributed by atoms with E-state index in [9.17, 15) is 9.90 Å². The predicted octanol–water partition coefficient (Wildman–Crippen LogP) is 5.10. The van der Waals surface area contributed by atoms with Crippen LogP contribution in [0, 0.1) is 20.8 Å². The molecule has 28 heavy (non-hydrogen) atoms. The maximum atomic E-state index is 11.9. The van der Waals surface area contributed by atoms with Crippen molar-refractivity contribution in [3.05, 3.63) is 92.8 Å². The zero-order valence-electron chi connectivity index (χ0n) is 16.4. The molecule has 0 saturated carbocycles. The van der Waals surface area contributed by atoms with Crippen LogP contribution in [0.3, 0.4) is 0 Å². The van der Waals surface area contributed by atoms with E-state index in [4.69, 9.17) is 11.6 Å². The largest absolute Gasteiger partial charge is 0.478 e. The molecular formula is C23H25ClN2O2. The fourth-order valence-corrected chi connectivity index (χ4v) is 3.75. The van der Waals surface area contributed by atoms with Crippen LogP contribution >= 0.6 is 11.6 Å². The van der Waals surface area contributed by atoms with Crippen molar-refractivity contribution in [2.45, 2.75) is 40.4 Å². The summed E-state index contributed by atoms with van der Waals surface area (Å²) in [5.74, 6) is -0.886. The Kier molecular flexibility index (Phi) is 6.22. The second-order valence-electron chi connectivity index (χ2n) is 7.13. The number of benzene rings is 2. The molecule has 0 amide bonds. The Morgan fingerprint density at radius 2 is 1.71 bits per heavy atom. The number of aromatic carboxylic acids is 1. The molecule has 146 valence electrons. The lowest BCUT2D eigenvalue weighted by Gasteiger charge is -2.11. The van der Waals surface area contributed by atoms with Crippen LogP contribution in [0.1, 0.15) is 44.0 Å². The number of nitrogens with one attached hydrogen (secondary N) is 1. The number of carbonyl (C=O) groups is 1. The van der Waals surface area contributed by atoms with E-state index in [1.807, 2.05) is 38.1 Å². The Balaban J connectivity index is 1.83. The highest BCUT2D eigenvalue weighted by Crippen LogP contribution is 2.24. The summed E-state index contributed by atoms with van der Waals surface area (Å²) in [6, 6.07) is 16.0. The molecule has 1 heterocycles. The molecule has 0 aliphatic carbocycles. The van der Waals surface area contributed by atoms with Gasteiger partial charge in [-0.3, -0.25) is 0 Å². The Morgan fingerprint density at radius 1 is 1.00 bits per heavy atom. The van der Waals surface area contributed by atoms with Crippen molar-refractivity contribution >= 4 is 17.6 Å². The molecule has 2 N–H and O–H groups in total. The second-order valence-corrected chi connectivity index (χ2v) is 7.57. The van der Waals surface area contributed by atoms with E-state index in [0.717, 1.165) is 28.1 Å². The first-order chi connectivity index (χ1) is 13.4. The van der Waals surface area contributed by atoms with Crippen LogP contribution in [-0.2, 0) is 19.6 Å². The Bertz CT molecular complexity index is 991. The number of halogens is 1. The highest BCUT2D eigenvalue weighted by molar-refractivity contribution is 6.30. The van der Waals surface area contributed by atoms with Crippen LogP contribution in [-0.4, -0.2) is 15.6 Å². The minimum atomic E-state index is -0.886. The van der Waals surface area contributed by atoms with Crippen LogP contribution in [0.25, 0.3) is 0 Å². The fraction of sp³-hybridized carbons (Fsp3) is 0.261. The molecule has 4 nitrogen and oxygen atoms in total. The minimum Gasteiger partial charge on any atom is -0.478 e. The van der Waals surface area contributed by atoms with Gasteiger partial charge in [0.05, 0.1) is 5.56 Å². The number of carboxylic acid groups (broad SMARTS) is 1. The molecule has 5 heteroatoms. The summed E-state index contributed by atoms with van der Waals surface area (Å²) in [6.45, 7) is 7.70. The summed E-state index contributed by atoms with van der Waals surface area (Å²) >= 11 is 6.03. The van der Waals surface area contributed by atoms with Crippen LogP contribution in [0.15, 0.2) is 48.5 Å². The zero-order chi connectivity index (χ0) is 20.3. The van der Waals surface area contributed by atoms with Crippen molar-refractivity contribution in [2.24, 2.45) is 0 Å². The summed E-state index contributed by atoms with van der Waals surface area (Å²) in [4.78, 5) is 11.9. The van der Waals surface area contributed by atoms with Gasteiger partial charge in [-0.15, -0.1) is 0 Å². The molecule has 0 atom stereocenters. The summed E-state index contributed by atoms with van der Waals surface area (Å²) in [5.41, 5.74) is 6.42. The van der Waals surface area contributed by atoms with Crippen molar-refractivity contribution in [1.82, 2.24) is 9.88 Å². The predicted molar refractivity (Wildman–Crippen MR) is 113 cm³/mol. The van der Waals surface area contributed by atoms with Crippen molar-refractivity contribution < 1.29 is 9.90 Å².